The summed E-state index contributed by atoms with van der Waals surface area (Å²) in [5, 5.41) is 22.0. The molecule has 6 rings (SSSR count). The highest BCUT2D eigenvalue weighted by molar-refractivity contribution is 7.87. The molecule has 6 aromatic rings. The van der Waals surface area contributed by atoms with Crippen molar-refractivity contribution < 1.29 is 64.9 Å². The molecular weight excluding hydrogens is 937 g/mol. The molecule has 330 valence electrons. The van der Waals surface area contributed by atoms with Crippen LogP contribution in [-0.2, 0) is 50.6 Å². The first-order valence-electron chi connectivity index (χ1n) is 16.9. The molecule has 1 aromatic heterocycles. The van der Waals surface area contributed by atoms with Crippen molar-refractivity contribution in [2.45, 2.75) is 31.9 Å². The van der Waals surface area contributed by atoms with Crippen molar-refractivity contribution in [1.29, 1.82) is 0 Å². The molecule has 0 aliphatic rings. The van der Waals surface area contributed by atoms with Gasteiger partial charge in [0, 0.05) is 11.1 Å². The van der Waals surface area contributed by atoms with Gasteiger partial charge in [0.2, 0.25) is 17.8 Å². The van der Waals surface area contributed by atoms with E-state index in [9.17, 15) is 60.3 Å². The third kappa shape index (κ3) is 11.9. The predicted molar refractivity (Wildman–Crippen MR) is 222 cm³/mol. The van der Waals surface area contributed by atoms with Crippen LogP contribution in [0.2, 0.25) is 0 Å². The van der Waals surface area contributed by atoms with Crippen LogP contribution in [0.1, 0.15) is 6.92 Å². The van der Waals surface area contributed by atoms with Gasteiger partial charge in [-0.2, -0.15) is 77.5 Å². The lowest BCUT2D eigenvalue weighted by atomic mass is 10.1. The highest BCUT2D eigenvalue weighted by Crippen LogP contribution is 2.33. The normalized spacial score (nSPS) is 13.4. The molecule has 0 bridgehead atoms. The van der Waals surface area contributed by atoms with Gasteiger partial charge in [-0.1, -0.05) is 6.07 Å². The Hall–Kier alpha value is -6.48. The van der Waals surface area contributed by atoms with E-state index in [1.54, 1.807) is 0 Å². The zero-order valence-corrected chi connectivity index (χ0v) is 35.4. The van der Waals surface area contributed by atoms with Crippen LogP contribution in [0.15, 0.2) is 137 Å². The lowest BCUT2D eigenvalue weighted by Gasteiger charge is -2.15. The Labute approximate surface area is 356 Å². The Balaban J connectivity index is 1.26. The molecule has 30 heteroatoms. The first-order chi connectivity index (χ1) is 29.2. The maximum Gasteiger partial charge on any atom is 0.296 e. The lowest BCUT2D eigenvalue weighted by molar-refractivity contribution is 0.473. The van der Waals surface area contributed by atoms with E-state index in [2.05, 4.69) is 51.4 Å². The third-order valence-corrected chi connectivity index (χ3v) is 12.7. The monoisotopic (exact) mass is 964 g/mol. The summed E-state index contributed by atoms with van der Waals surface area (Å²) < 4.78 is 166. The largest absolute Gasteiger partial charge is 0.336 e. The van der Waals surface area contributed by atoms with Crippen molar-refractivity contribution in [3.05, 3.63) is 97.1 Å². The Morgan fingerprint density at radius 3 is 1.49 bits per heavy atom. The summed E-state index contributed by atoms with van der Waals surface area (Å²) in [6, 6.07) is 19.2. The van der Waals surface area contributed by atoms with Crippen molar-refractivity contribution in [2.24, 2.45) is 20.5 Å². The summed E-state index contributed by atoms with van der Waals surface area (Å²) in [5.41, 5.74) is 0.373. The molecule has 0 saturated carbocycles. The van der Waals surface area contributed by atoms with Crippen LogP contribution in [0, 0.1) is 0 Å². The van der Waals surface area contributed by atoms with Gasteiger partial charge in [-0.05, 0) is 103 Å². The number of hydrogen-bond donors (Lipinski definition) is 8. The average Bonchev–Trinajstić information content (AvgIpc) is 3.18. The lowest BCUT2D eigenvalue weighted by Crippen LogP contribution is -2.27. The van der Waals surface area contributed by atoms with Crippen molar-refractivity contribution in [2.75, 3.05) is 16.0 Å². The number of benzene rings is 5. The summed E-state index contributed by atoms with van der Waals surface area (Å²) in [6.45, 7) is 1.07. The number of aromatic nitrogens is 3. The van der Waals surface area contributed by atoms with Gasteiger partial charge in [0.05, 0.1) is 38.2 Å². The Morgan fingerprint density at radius 2 is 0.952 bits per heavy atom. The second kappa shape index (κ2) is 17.4. The van der Waals surface area contributed by atoms with Gasteiger partial charge in [-0.3, -0.25) is 22.8 Å². The number of nitrogens with one attached hydrogen (secondary N) is 3. The number of fused-ring (bicyclic) bond motifs is 1. The molecular formula is C33H28N10O15S5. The number of rotatable bonds is 15. The summed E-state index contributed by atoms with van der Waals surface area (Å²) in [4.78, 5) is 9.62. The van der Waals surface area contributed by atoms with Gasteiger partial charge >= 0.3 is 0 Å². The fourth-order valence-corrected chi connectivity index (χ4v) is 7.95. The fraction of sp³-hybridized carbons (Fsp3) is 0.0606. The first kappa shape index (κ1) is 46.0. The molecule has 8 N–H and O–H groups in total. The SMILES string of the molecule is CC(Nc1nc(Nc2ccc(N=Nc3ccc4c(S(=O)(=O)O)cc(S(=O)(=O)O)cc4c3)cc2)nc(Nc2ccc(N=Nc3ccc(S(=O)(=O)O)cc3)cc2S(=O)(=O)O)n1)S(=O)(=O)O. The minimum atomic E-state index is -4.99. The minimum Gasteiger partial charge on any atom is -0.336 e. The van der Waals surface area contributed by atoms with Gasteiger partial charge in [-0.25, -0.2) is 0 Å². The van der Waals surface area contributed by atoms with Crippen LogP contribution in [0.25, 0.3) is 10.8 Å². The number of anilines is 5. The third-order valence-electron chi connectivity index (χ3n) is 8.17. The van der Waals surface area contributed by atoms with Crippen LogP contribution in [0.5, 0.6) is 0 Å². The van der Waals surface area contributed by atoms with Crippen molar-refractivity contribution in [1.82, 2.24) is 15.0 Å². The molecule has 63 heavy (non-hydrogen) atoms. The van der Waals surface area contributed by atoms with Gasteiger partial charge in [0.25, 0.3) is 50.6 Å². The van der Waals surface area contributed by atoms with Crippen molar-refractivity contribution in [3.8, 4) is 0 Å². The zero-order chi connectivity index (χ0) is 46.1. The van der Waals surface area contributed by atoms with E-state index in [4.69, 9.17) is 4.55 Å². The standard InChI is InChI=1S/C33H28N10O15S5/c1-18(59(44,45)46)34-31-37-32(39-33(38-31)36-28-13-9-24(16-30(28)63(56,57)58)43-41-22-6-10-25(11-7-22)60(47,48)49)35-20-2-4-21(5-3-20)40-42-23-8-12-27-19(14-23)15-26(61(50,51)52)17-29(27)62(53,54)55/h2-18H,1H3,(H,44,45,46)(H,47,48,49)(H,50,51,52)(H,53,54,55)(H,56,57,58)(H3,34,35,36,37,38,39). The summed E-state index contributed by atoms with van der Waals surface area (Å²) in [5.74, 6) is -1.12. The topological polar surface area (TPSA) is 396 Å². The minimum absolute atomic E-state index is 0.0146. The van der Waals surface area contributed by atoms with Gasteiger partial charge in [0.1, 0.15) is 9.79 Å². The Bertz CT molecular complexity index is 3410. The molecule has 0 aliphatic carbocycles. The average molecular weight is 965 g/mol. The van der Waals surface area contributed by atoms with E-state index in [0.717, 1.165) is 37.3 Å². The van der Waals surface area contributed by atoms with Crippen molar-refractivity contribution in [3.63, 3.8) is 0 Å². The second-order valence-electron chi connectivity index (χ2n) is 12.7. The van der Waals surface area contributed by atoms with E-state index >= 15 is 0 Å². The van der Waals surface area contributed by atoms with Gasteiger partial charge in [0.15, 0.2) is 5.37 Å². The maximum atomic E-state index is 12.4. The van der Waals surface area contributed by atoms with E-state index in [1.165, 1.54) is 60.7 Å². The van der Waals surface area contributed by atoms with E-state index in [1.807, 2.05) is 0 Å². The molecule has 0 saturated heterocycles. The summed E-state index contributed by atoms with van der Waals surface area (Å²) in [7, 11) is -23.9. The van der Waals surface area contributed by atoms with Crippen LogP contribution < -0.4 is 16.0 Å². The molecule has 5 aromatic carbocycles. The maximum absolute atomic E-state index is 12.4. The molecule has 0 radical (unpaired) electrons. The van der Waals surface area contributed by atoms with Crippen molar-refractivity contribution >= 4 is 113 Å². The molecule has 0 amide bonds. The summed E-state index contributed by atoms with van der Waals surface area (Å²) in [6.07, 6.45) is 0. The summed E-state index contributed by atoms with van der Waals surface area (Å²) >= 11 is 0. The second-order valence-corrected chi connectivity index (χ2v) is 20.1. The predicted octanol–water partition coefficient (Wildman–Crippen LogP) is 5.98. The smallest absolute Gasteiger partial charge is 0.296 e. The Kier molecular flexibility index (Phi) is 12.7. The number of nitrogens with zero attached hydrogens (tertiary/aromatic N) is 7. The molecule has 25 nitrogen and oxygen atoms in total. The molecule has 0 spiro atoms. The van der Waals surface area contributed by atoms with Crippen LogP contribution >= 0.6 is 0 Å². The molecule has 0 aliphatic heterocycles. The highest BCUT2D eigenvalue weighted by atomic mass is 32.2. The van der Waals surface area contributed by atoms with Gasteiger partial charge < -0.3 is 16.0 Å². The van der Waals surface area contributed by atoms with E-state index in [-0.39, 0.29) is 45.2 Å². The fourth-order valence-electron chi connectivity index (χ4n) is 5.20. The number of hydrogen-bond acceptors (Lipinski definition) is 20. The van der Waals surface area contributed by atoms with Gasteiger partial charge in [-0.15, -0.1) is 0 Å². The van der Waals surface area contributed by atoms with Crippen LogP contribution in [-0.4, -0.2) is 85.2 Å². The number of azo groups is 2. The molecule has 0 fully saturated rings. The van der Waals surface area contributed by atoms with E-state index < -0.39 is 87.4 Å². The van der Waals surface area contributed by atoms with Crippen LogP contribution in [0.3, 0.4) is 0 Å². The molecule has 1 atom stereocenters. The quantitative estimate of drug-likeness (QED) is 0.0433. The highest BCUT2D eigenvalue weighted by Gasteiger charge is 2.23. The molecule has 1 heterocycles. The van der Waals surface area contributed by atoms with Crippen LogP contribution in [0.4, 0.5) is 52.0 Å². The Morgan fingerprint density at radius 1 is 0.476 bits per heavy atom. The molecule has 1 unspecified atom stereocenters. The zero-order valence-electron chi connectivity index (χ0n) is 31.3. The van der Waals surface area contributed by atoms with E-state index in [0.29, 0.717) is 11.8 Å². The first-order valence-corrected chi connectivity index (χ1v) is 24.2.